The Morgan fingerprint density at radius 2 is 2.03 bits per heavy atom. The summed E-state index contributed by atoms with van der Waals surface area (Å²) in [6.45, 7) is 4.26. The Morgan fingerprint density at radius 3 is 2.69 bits per heavy atom. The first-order valence-corrected chi connectivity index (χ1v) is 10.0. The van der Waals surface area contributed by atoms with Crippen LogP contribution in [0.4, 0.5) is 19.0 Å². The molecule has 9 nitrogen and oxygen atoms in total. The Balaban J connectivity index is 1.54. The van der Waals surface area contributed by atoms with Crippen molar-refractivity contribution in [1.29, 1.82) is 0 Å². The van der Waals surface area contributed by atoms with Crippen LogP contribution in [0.3, 0.4) is 0 Å². The highest BCUT2D eigenvalue weighted by Crippen LogP contribution is 2.28. The van der Waals surface area contributed by atoms with Crippen LogP contribution in [0.15, 0.2) is 30.7 Å². The van der Waals surface area contributed by atoms with Crippen LogP contribution >= 0.6 is 0 Å². The lowest BCUT2D eigenvalue weighted by Crippen LogP contribution is -2.52. The molecule has 0 spiro atoms. The summed E-state index contributed by atoms with van der Waals surface area (Å²) in [4.78, 5) is 26.9. The van der Waals surface area contributed by atoms with Gasteiger partial charge in [-0.25, -0.2) is 9.97 Å². The van der Waals surface area contributed by atoms with E-state index in [0.29, 0.717) is 29.7 Å². The predicted octanol–water partition coefficient (Wildman–Crippen LogP) is 3.09. The van der Waals surface area contributed by atoms with Gasteiger partial charge in [0, 0.05) is 24.3 Å². The zero-order valence-electron chi connectivity index (χ0n) is 17.4. The largest absolute Gasteiger partial charge is 0.434 e. The molecular formula is C20H21F3N8O. The number of likely N-dealkylation sites (tertiary alicyclic amines) is 1. The summed E-state index contributed by atoms with van der Waals surface area (Å²) in [7, 11) is 0. The van der Waals surface area contributed by atoms with Crippen LogP contribution in [-0.2, 0) is 6.18 Å². The minimum absolute atomic E-state index is 0.201. The topological polar surface area (TPSA) is 113 Å². The summed E-state index contributed by atoms with van der Waals surface area (Å²) in [6, 6.07) is 3.04. The van der Waals surface area contributed by atoms with Gasteiger partial charge in [0.25, 0.3) is 5.91 Å². The number of hydrogen-bond acceptors (Lipinski definition) is 7. The van der Waals surface area contributed by atoms with Gasteiger partial charge >= 0.3 is 6.18 Å². The zero-order valence-corrected chi connectivity index (χ0v) is 17.4. The molecule has 12 heteroatoms. The highest BCUT2D eigenvalue weighted by atomic mass is 19.4. The Morgan fingerprint density at radius 1 is 1.22 bits per heavy atom. The first-order chi connectivity index (χ1) is 15.2. The highest BCUT2D eigenvalue weighted by molar-refractivity contribution is 5.99. The fourth-order valence-corrected chi connectivity index (χ4v) is 3.76. The normalized spacial score (nSPS) is 19.1. The van der Waals surface area contributed by atoms with Crippen molar-refractivity contribution in [2.75, 3.05) is 11.9 Å². The number of aromatic amines is 1. The fourth-order valence-electron chi connectivity index (χ4n) is 3.76. The number of nitrogens with one attached hydrogen (secondary N) is 2. The quantitative estimate of drug-likeness (QED) is 0.633. The summed E-state index contributed by atoms with van der Waals surface area (Å²) in [5.74, 6) is 0.0254. The summed E-state index contributed by atoms with van der Waals surface area (Å²) >= 11 is 0. The van der Waals surface area contributed by atoms with Gasteiger partial charge in [-0.05, 0) is 38.8 Å². The van der Waals surface area contributed by atoms with Crippen LogP contribution in [0.5, 0.6) is 0 Å². The van der Waals surface area contributed by atoms with Gasteiger partial charge in [0.05, 0.1) is 24.2 Å². The molecule has 3 aromatic rings. The number of carbonyl (C=O) groups is 1. The Labute approximate surface area is 181 Å². The summed E-state index contributed by atoms with van der Waals surface area (Å²) < 4.78 is 38.2. The number of hydrogen-bond donors (Lipinski definition) is 2. The molecule has 0 radical (unpaired) electrons. The van der Waals surface area contributed by atoms with Crippen LogP contribution < -0.4 is 5.32 Å². The van der Waals surface area contributed by atoms with E-state index in [1.54, 1.807) is 17.0 Å². The second kappa shape index (κ2) is 8.52. The minimum Gasteiger partial charge on any atom is -0.364 e. The van der Waals surface area contributed by atoms with Crippen molar-refractivity contribution in [2.24, 2.45) is 0 Å². The van der Waals surface area contributed by atoms with Crippen LogP contribution in [0.2, 0.25) is 0 Å². The van der Waals surface area contributed by atoms with E-state index in [-0.39, 0.29) is 23.8 Å². The van der Waals surface area contributed by atoms with Gasteiger partial charge in [-0.2, -0.15) is 28.6 Å². The van der Waals surface area contributed by atoms with Crippen LogP contribution in [0, 0.1) is 6.92 Å². The number of halogens is 3. The van der Waals surface area contributed by atoms with E-state index in [9.17, 15) is 18.0 Å². The van der Waals surface area contributed by atoms with Gasteiger partial charge in [0.1, 0.15) is 17.2 Å². The Bertz CT molecular complexity index is 1090. The highest BCUT2D eigenvalue weighted by Gasteiger charge is 2.35. The number of anilines is 1. The van der Waals surface area contributed by atoms with Gasteiger partial charge in [-0.1, -0.05) is 0 Å². The average Bonchev–Trinajstić information content (AvgIpc) is 3.29. The number of nitrogens with zero attached hydrogens (tertiary/aromatic N) is 6. The second-order valence-electron chi connectivity index (χ2n) is 7.62. The van der Waals surface area contributed by atoms with E-state index in [4.69, 9.17) is 0 Å². The third-order valence-corrected chi connectivity index (χ3v) is 5.45. The van der Waals surface area contributed by atoms with Crippen molar-refractivity contribution in [2.45, 2.75) is 44.9 Å². The van der Waals surface area contributed by atoms with E-state index >= 15 is 0 Å². The molecule has 1 aliphatic heterocycles. The molecule has 0 saturated carbocycles. The zero-order chi connectivity index (χ0) is 22.9. The summed E-state index contributed by atoms with van der Waals surface area (Å²) in [5, 5.41) is 13.5. The number of carbonyl (C=O) groups excluding carboxylic acids is 1. The van der Waals surface area contributed by atoms with Crippen molar-refractivity contribution < 1.29 is 18.0 Å². The lowest BCUT2D eigenvalue weighted by atomic mass is 9.96. The van der Waals surface area contributed by atoms with Crippen LogP contribution in [0.1, 0.15) is 41.5 Å². The van der Waals surface area contributed by atoms with E-state index in [1.165, 1.54) is 6.20 Å². The molecule has 1 aliphatic rings. The Hall–Kier alpha value is -3.57. The van der Waals surface area contributed by atoms with Crippen LogP contribution in [-0.4, -0.2) is 59.8 Å². The monoisotopic (exact) mass is 446 g/mol. The van der Waals surface area contributed by atoms with E-state index in [2.05, 4.69) is 35.7 Å². The maximum absolute atomic E-state index is 13.4. The lowest BCUT2D eigenvalue weighted by molar-refractivity contribution is -0.141. The van der Waals surface area contributed by atoms with Gasteiger partial charge in [-0.3, -0.25) is 9.78 Å². The van der Waals surface area contributed by atoms with E-state index in [0.717, 1.165) is 24.7 Å². The fraction of sp³-hybridized carbons (Fsp3) is 0.400. The third-order valence-electron chi connectivity index (χ3n) is 5.45. The van der Waals surface area contributed by atoms with Crippen molar-refractivity contribution in [1.82, 2.24) is 35.3 Å². The molecule has 4 rings (SSSR count). The molecule has 1 amide bonds. The molecule has 3 aromatic heterocycles. The van der Waals surface area contributed by atoms with E-state index < -0.39 is 11.9 Å². The summed E-state index contributed by atoms with van der Waals surface area (Å²) in [5.41, 5.74) is 1.01. The number of rotatable bonds is 4. The SMILES string of the molecule is Cc1ccc(C(=O)N2CCC[C@@H](Nc3cnc(C(F)(F)F)cn3)[C@@H]2C)c(-c2cn[nH]n2)n1. The molecule has 168 valence electrons. The van der Waals surface area contributed by atoms with Gasteiger partial charge in [-0.15, -0.1) is 0 Å². The summed E-state index contributed by atoms with van der Waals surface area (Å²) in [6.07, 6.45) is 0.169. The molecule has 1 saturated heterocycles. The molecule has 0 bridgehead atoms. The molecule has 0 unspecified atom stereocenters. The maximum atomic E-state index is 13.4. The molecule has 2 N–H and O–H groups in total. The number of pyridine rings is 1. The molecule has 0 aromatic carbocycles. The van der Waals surface area contributed by atoms with Crippen molar-refractivity contribution in [3.8, 4) is 11.4 Å². The number of amides is 1. The number of aryl methyl sites for hydroxylation is 1. The van der Waals surface area contributed by atoms with Gasteiger partial charge in [0.15, 0.2) is 5.69 Å². The average molecular weight is 446 g/mol. The molecule has 0 aliphatic carbocycles. The molecule has 2 atom stereocenters. The number of H-pyrrole nitrogens is 1. The first kappa shape index (κ1) is 21.7. The van der Waals surface area contributed by atoms with Gasteiger partial charge < -0.3 is 10.2 Å². The standard InChI is InChI=1S/C20H21F3N8O/c1-11-5-6-13(18(27-11)15-8-26-30-29-15)19(32)31-7-3-4-14(12(31)2)28-17-10-24-16(9-25-17)20(21,22)23/h5-6,8-10,12,14H,3-4,7H2,1-2H3,(H,25,28)(H,26,29,30)/t12-,14+/m0/s1. The molecule has 1 fully saturated rings. The second-order valence-corrected chi connectivity index (χ2v) is 7.62. The lowest BCUT2D eigenvalue weighted by Gasteiger charge is -2.40. The maximum Gasteiger partial charge on any atom is 0.434 e. The smallest absolute Gasteiger partial charge is 0.364 e. The minimum atomic E-state index is -4.55. The van der Waals surface area contributed by atoms with Crippen molar-refractivity contribution in [3.05, 3.63) is 47.7 Å². The number of aromatic nitrogens is 6. The van der Waals surface area contributed by atoms with Crippen molar-refractivity contribution in [3.63, 3.8) is 0 Å². The number of alkyl halides is 3. The van der Waals surface area contributed by atoms with E-state index in [1.807, 2.05) is 13.8 Å². The third kappa shape index (κ3) is 4.39. The number of piperidine rings is 1. The molecular weight excluding hydrogens is 425 g/mol. The Kier molecular flexibility index (Phi) is 5.76. The van der Waals surface area contributed by atoms with Crippen molar-refractivity contribution >= 4 is 11.7 Å². The first-order valence-electron chi connectivity index (χ1n) is 10.0. The van der Waals surface area contributed by atoms with Gasteiger partial charge in [0.2, 0.25) is 0 Å². The molecule has 4 heterocycles. The van der Waals surface area contributed by atoms with Crippen LogP contribution in [0.25, 0.3) is 11.4 Å². The predicted molar refractivity (Wildman–Crippen MR) is 109 cm³/mol. The molecule has 32 heavy (non-hydrogen) atoms.